The lowest BCUT2D eigenvalue weighted by Crippen LogP contribution is -2.30. The molecule has 1 rings (SSSR count). The van der Waals surface area contributed by atoms with E-state index in [1.165, 1.54) is 24.8 Å². The van der Waals surface area contributed by atoms with E-state index < -0.39 is 0 Å². The summed E-state index contributed by atoms with van der Waals surface area (Å²) in [5.41, 5.74) is 1.33. The molecule has 0 aliphatic rings. The Balaban J connectivity index is 2.63. The molecule has 19 heavy (non-hydrogen) atoms. The van der Waals surface area contributed by atoms with E-state index in [1.54, 1.807) is 7.11 Å². The largest absolute Gasteiger partial charge is 0.496 e. The van der Waals surface area contributed by atoms with Gasteiger partial charge in [-0.1, -0.05) is 51.8 Å². The molecule has 0 saturated carbocycles. The van der Waals surface area contributed by atoms with E-state index in [9.17, 15) is 0 Å². The Hall–Kier alpha value is -1.02. The highest BCUT2D eigenvalue weighted by Gasteiger charge is 2.12. The zero-order valence-corrected chi connectivity index (χ0v) is 12.9. The first kappa shape index (κ1) is 16.0. The summed E-state index contributed by atoms with van der Waals surface area (Å²) in [6, 6.07) is 8.94. The van der Waals surface area contributed by atoms with Gasteiger partial charge in [0.05, 0.1) is 7.11 Å². The fourth-order valence-corrected chi connectivity index (χ4v) is 2.35. The van der Waals surface area contributed by atoms with Gasteiger partial charge in [0.2, 0.25) is 0 Å². The van der Waals surface area contributed by atoms with Gasteiger partial charge in [0.1, 0.15) is 5.75 Å². The van der Waals surface area contributed by atoms with Gasteiger partial charge in [-0.15, -0.1) is 0 Å². The maximum atomic E-state index is 5.46. The average Bonchev–Trinajstić information content (AvgIpc) is 2.42. The van der Waals surface area contributed by atoms with Crippen LogP contribution < -0.4 is 10.1 Å². The third-order valence-electron chi connectivity index (χ3n) is 3.48. The van der Waals surface area contributed by atoms with Crippen molar-refractivity contribution in [2.75, 3.05) is 13.7 Å². The number of rotatable bonds is 9. The third kappa shape index (κ3) is 6.11. The van der Waals surface area contributed by atoms with Crippen molar-refractivity contribution in [1.82, 2.24) is 5.32 Å². The molecule has 0 heterocycles. The number of ether oxygens (including phenoxy) is 1. The van der Waals surface area contributed by atoms with Crippen LogP contribution in [0.3, 0.4) is 0 Å². The first-order valence-corrected chi connectivity index (χ1v) is 7.52. The quantitative estimate of drug-likeness (QED) is 0.726. The summed E-state index contributed by atoms with van der Waals surface area (Å²) in [5.74, 6) is 1.71. The maximum absolute atomic E-state index is 5.46. The van der Waals surface area contributed by atoms with Crippen molar-refractivity contribution in [3.63, 3.8) is 0 Å². The summed E-state index contributed by atoms with van der Waals surface area (Å²) in [6.45, 7) is 7.77. The van der Waals surface area contributed by atoms with Gasteiger partial charge >= 0.3 is 0 Å². The van der Waals surface area contributed by atoms with E-state index in [0.29, 0.717) is 12.0 Å². The summed E-state index contributed by atoms with van der Waals surface area (Å²) in [5, 5.41) is 3.57. The minimum Gasteiger partial charge on any atom is -0.496 e. The number of nitrogens with one attached hydrogen (secondary N) is 1. The van der Waals surface area contributed by atoms with Gasteiger partial charge in [-0.05, 0) is 36.9 Å². The third-order valence-corrected chi connectivity index (χ3v) is 3.48. The normalized spacial score (nSPS) is 12.7. The smallest absolute Gasteiger partial charge is 0.122 e. The summed E-state index contributed by atoms with van der Waals surface area (Å²) < 4.78 is 5.46. The Bertz CT molecular complexity index is 349. The second-order valence-electron chi connectivity index (χ2n) is 5.59. The number of unbranched alkanes of at least 4 members (excludes halogenated alkanes) is 1. The van der Waals surface area contributed by atoms with Gasteiger partial charge in [0.25, 0.3) is 0 Å². The van der Waals surface area contributed by atoms with Crippen LogP contribution in [0, 0.1) is 5.92 Å². The molecule has 0 radical (unpaired) electrons. The Morgan fingerprint density at radius 1 is 1.21 bits per heavy atom. The molecular weight excluding hydrogens is 234 g/mol. The van der Waals surface area contributed by atoms with Gasteiger partial charge in [0, 0.05) is 6.04 Å². The van der Waals surface area contributed by atoms with Gasteiger partial charge in [-0.2, -0.15) is 0 Å². The minimum atomic E-state index is 0.557. The lowest BCUT2D eigenvalue weighted by molar-refractivity contribution is 0.386. The van der Waals surface area contributed by atoms with Crippen molar-refractivity contribution in [1.29, 1.82) is 0 Å². The molecule has 0 aliphatic carbocycles. The topological polar surface area (TPSA) is 21.3 Å². The Morgan fingerprint density at radius 3 is 2.58 bits per heavy atom. The first-order chi connectivity index (χ1) is 9.17. The van der Waals surface area contributed by atoms with E-state index in [-0.39, 0.29) is 0 Å². The van der Waals surface area contributed by atoms with E-state index >= 15 is 0 Å². The number of methoxy groups -OCH3 is 1. The highest BCUT2D eigenvalue weighted by atomic mass is 16.5. The van der Waals surface area contributed by atoms with Gasteiger partial charge in [-0.3, -0.25) is 0 Å². The molecule has 0 aromatic heterocycles. The Labute approximate surface area is 118 Å². The first-order valence-electron chi connectivity index (χ1n) is 7.52. The maximum Gasteiger partial charge on any atom is 0.122 e. The van der Waals surface area contributed by atoms with Gasteiger partial charge < -0.3 is 10.1 Å². The number of hydrogen-bond acceptors (Lipinski definition) is 2. The zero-order chi connectivity index (χ0) is 14.1. The van der Waals surface area contributed by atoms with Crippen molar-refractivity contribution < 1.29 is 4.74 Å². The predicted molar refractivity (Wildman–Crippen MR) is 82.9 cm³/mol. The molecule has 0 saturated heterocycles. The Morgan fingerprint density at radius 2 is 1.95 bits per heavy atom. The van der Waals surface area contributed by atoms with Crippen molar-refractivity contribution in [3.8, 4) is 5.75 Å². The molecule has 0 spiro atoms. The van der Waals surface area contributed by atoms with Gasteiger partial charge in [-0.25, -0.2) is 0 Å². The van der Waals surface area contributed by atoms with Crippen molar-refractivity contribution in [3.05, 3.63) is 29.8 Å². The van der Waals surface area contributed by atoms with E-state index in [2.05, 4.69) is 44.3 Å². The molecule has 1 unspecified atom stereocenters. The molecule has 1 aromatic carbocycles. The average molecular weight is 263 g/mol. The highest BCUT2D eigenvalue weighted by molar-refractivity contribution is 5.33. The fourth-order valence-electron chi connectivity index (χ4n) is 2.35. The van der Waals surface area contributed by atoms with Crippen LogP contribution in [0.5, 0.6) is 5.75 Å². The molecular formula is C17H29NO. The van der Waals surface area contributed by atoms with Crippen molar-refractivity contribution >= 4 is 0 Å². The van der Waals surface area contributed by atoms with Crippen LogP contribution in [0.2, 0.25) is 0 Å². The monoisotopic (exact) mass is 263 g/mol. The summed E-state index contributed by atoms with van der Waals surface area (Å²) >= 11 is 0. The lowest BCUT2D eigenvalue weighted by Gasteiger charge is -2.20. The van der Waals surface area contributed by atoms with Crippen molar-refractivity contribution in [2.45, 2.75) is 52.5 Å². The fraction of sp³-hybridized carbons (Fsp3) is 0.647. The van der Waals surface area contributed by atoms with Crippen LogP contribution in [0.15, 0.2) is 24.3 Å². The predicted octanol–water partition coefficient (Wildman–Crippen LogP) is 4.04. The molecule has 2 nitrogen and oxygen atoms in total. The van der Waals surface area contributed by atoms with Crippen LogP contribution in [-0.4, -0.2) is 19.7 Å². The van der Waals surface area contributed by atoms with E-state index in [0.717, 1.165) is 18.7 Å². The standard InChI is InChI=1S/C17H29NO/c1-5-6-9-15(13-18-14(2)3)12-16-10-7-8-11-17(16)19-4/h7-8,10-11,14-15,18H,5-6,9,12-13H2,1-4H3. The van der Waals surface area contributed by atoms with Crippen molar-refractivity contribution in [2.24, 2.45) is 5.92 Å². The molecule has 1 atom stereocenters. The Kier molecular flexibility index (Phi) is 7.57. The van der Waals surface area contributed by atoms with E-state index in [1.807, 2.05) is 6.07 Å². The molecule has 1 aromatic rings. The number of para-hydroxylation sites is 1. The van der Waals surface area contributed by atoms with Crippen LogP contribution in [0.25, 0.3) is 0 Å². The second-order valence-corrected chi connectivity index (χ2v) is 5.59. The summed E-state index contributed by atoms with van der Waals surface area (Å²) in [6.07, 6.45) is 4.96. The van der Waals surface area contributed by atoms with Crippen LogP contribution in [-0.2, 0) is 6.42 Å². The molecule has 0 fully saturated rings. The number of hydrogen-bond donors (Lipinski definition) is 1. The van der Waals surface area contributed by atoms with Crippen LogP contribution in [0.4, 0.5) is 0 Å². The zero-order valence-electron chi connectivity index (χ0n) is 12.9. The van der Waals surface area contributed by atoms with Gasteiger partial charge in [0.15, 0.2) is 0 Å². The van der Waals surface area contributed by atoms with E-state index in [4.69, 9.17) is 4.74 Å². The van der Waals surface area contributed by atoms with Crippen LogP contribution >= 0.6 is 0 Å². The SMILES string of the molecule is CCCCC(CNC(C)C)Cc1ccccc1OC. The molecule has 2 heteroatoms. The second kappa shape index (κ2) is 8.98. The number of benzene rings is 1. The molecule has 108 valence electrons. The molecule has 1 N–H and O–H groups in total. The highest BCUT2D eigenvalue weighted by Crippen LogP contribution is 2.23. The summed E-state index contributed by atoms with van der Waals surface area (Å²) in [7, 11) is 1.76. The lowest BCUT2D eigenvalue weighted by atomic mass is 9.93. The minimum absolute atomic E-state index is 0.557. The molecule has 0 aliphatic heterocycles. The van der Waals surface area contributed by atoms with Crippen LogP contribution in [0.1, 0.15) is 45.6 Å². The molecule has 0 amide bonds. The summed E-state index contributed by atoms with van der Waals surface area (Å²) in [4.78, 5) is 0. The molecule has 0 bridgehead atoms.